The first kappa shape index (κ1) is 20.7. The van der Waals surface area contributed by atoms with Crippen molar-refractivity contribution in [1.82, 2.24) is 4.90 Å². The van der Waals surface area contributed by atoms with Crippen LogP contribution < -0.4 is 4.90 Å². The fourth-order valence-electron chi connectivity index (χ4n) is 3.03. The van der Waals surface area contributed by atoms with Gasteiger partial charge < -0.3 is 14.5 Å². The summed E-state index contributed by atoms with van der Waals surface area (Å²) in [5.74, 6) is 0.115. The molecule has 1 heterocycles. The molecule has 1 amide bonds. The van der Waals surface area contributed by atoms with Crippen LogP contribution in [0.1, 0.15) is 34.1 Å². The molecule has 0 N–H and O–H groups in total. The molecule has 0 saturated carbocycles. The Bertz CT molecular complexity index is 672. The Kier molecular flexibility index (Phi) is 6.72. The number of likely N-dealkylation sites (tertiary alicyclic amines) is 1. The number of amides is 1. The van der Waals surface area contributed by atoms with Gasteiger partial charge in [0.15, 0.2) is 0 Å². The minimum atomic E-state index is -0.499. The zero-order valence-corrected chi connectivity index (χ0v) is 17.7. The van der Waals surface area contributed by atoms with Crippen molar-refractivity contribution in [2.24, 2.45) is 5.92 Å². The summed E-state index contributed by atoms with van der Waals surface area (Å²) in [7, 11) is 1.91. The lowest BCUT2D eigenvalue weighted by Gasteiger charge is -2.28. The maximum atomic E-state index is 13.5. The summed E-state index contributed by atoms with van der Waals surface area (Å²) in [6.45, 7) is 9.10. The molecule has 0 bridgehead atoms. The quantitative estimate of drug-likeness (QED) is 0.618. The summed E-state index contributed by atoms with van der Waals surface area (Å²) in [5, 5.41) is 0. The van der Waals surface area contributed by atoms with Gasteiger partial charge in [-0.25, -0.2) is 9.18 Å². The Morgan fingerprint density at radius 1 is 1.46 bits per heavy atom. The van der Waals surface area contributed by atoms with Crippen LogP contribution in [-0.4, -0.2) is 42.8 Å². The van der Waals surface area contributed by atoms with Gasteiger partial charge in [0.2, 0.25) is 0 Å². The van der Waals surface area contributed by atoms with Gasteiger partial charge in [0.1, 0.15) is 11.4 Å². The summed E-state index contributed by atoms with van der Waals surface area (Å²) < 4.78 is 19.8. The first-order valence-electron chi connectivity index (χ1n) is 8.91. The highest BCUT2D eigenvalue weighted by atomic mass is 79.9. The lowest BCUT2D eigenvalue weighted by atomic mass is 10.0. The van der Waals surface area contributed by atoms with Gasteiger partial charge in [0, 0.05) is 24.6 Å². The van der Waals surface area contributed by atoms with Crippen molar-refractivity contribution in [2.75, 3.05) is 25.0 Å². The predicted octanol–water partition coefficient (Wildman–Crippen LogP) is 5.23. The number of benzene rings is 1. The van der Waals surface area contributed by atoms with Crippen LogP contribution in [0.3, 0.4) is 0 Å². The average Bonchev–Trinajstić information content (AvgIpc) is 2.89. The molecule has 1 aromatic carbocycles. The normalized spacial score (nSPS) is 20.7. The fourth-order valence-corrected chi connectivity index (χ4v) is 3.58. The fraction of sp³-hybridized carbons (Fsp3) is 0.550. The molecule has 0 radical (unpaired) electrons. The third-order valence-electron chi connectivity index (χ3n) is 4.43. The van der Waals surface area contributed by atoms with Gasteiger partial charge in [-0.2, -0.15) is 0 Å². The first-order valence-corrected chi connectivity index (χ1v) is 9.70. The lowest BCUT2D eigenvalue weighted by molar-refractivity contribution is 0.0245. The highest BCUT2D eigenvalue weighted by molar-refractivity contribution is 9.10. The molecule has 1 aromatic rings. The Morgan fingerprint density at radius 3 is 2.81 bits per heavy atom. The number of carbonyl (C=O) groups excluding carboxylic acids is 1. The lowest BCUT2D eigenvalue weighted by Crippen LogP contribution is -2.40. The zero-order chi connectivity index (χ0) is 19.5. The summed E-state index contributed by atoms with van der Waals surface area (Å²) in [6.07, 6.45) is 4.78. The molecule has 4 nitrogen and oxygen atoms in total. The Labute approximate surface area is 164 Å². The van der Waals surface area contributed by atoms with E-state index in [-0.39, 0.29) is 18.0 Å². The van der Waals surface area contributed by atoms with Crippen molar-refractivity contribution in [3.8, 4) is 0 Å². The number of halogens is 2. The molecule has 1 aliphatic heterocycles. The second-order valence-corrected chi connectivity index (χ2v) is 8.69. The minimum Gasteiger partial charge on any atom is -0.444 e. The van der Waals surface area contributed by atoms with Crippen LogP contribution in [0.4, 0.5) is 14.9 Å². The molecule has 1 fully saturated rings. The van der Waals surface area contributed by atoms with Crippen molar-refractivity contribution >= 4 is 27.7 Å². The monoisotopic (exact) mass is 426 g/mol. The smallest absolute Gasteiger partial charge is 0.410 e. The van der Waals surface area contributed by atoms with Crippen molar-refractivity contribution < 1.29 is 13.9 Å². The first-order chi connectivity index (χ1) is 12.1. The second-order valence-electron chi connectivity index (χ2n) is 7.83. The van der Waals surface area contributed by atoms with Gasteiger partial charge >= 0.3 is 6.09 Å². The average molecular weight is 427 g/mol. The highest BCUT2D eigenvalue weighted by Crippen LogP contribution is 2.28. The number of rotatable bonds is 4. The van der Waals surface area contributed by atoms with Gasteiger partial charge in [-0.05, 0) is 67.2 Å². The summed E-state index contributed by atoms with van der Waals surface area (Å²) in [6, 6.07) is 4.65. The number of hydrogen-bond donors (Lipinski definition) is 0. The van der Waals surface area contributed by atoms with Gasteiger partial charge in [-0.15, -0.1) is 0 Å². The molecule has 1 aliphatic rings. The molecular weight excluding hydrogens is 399 g/mol. The van der Waals surface area contributed by atoms with E-state index in [1.54, 1.807) is 11.0 Å². The molecule has 0 spiro atoms. The van der Waals surface area contributed by atoms with Crippen LogP contribution >= 0.6 is 15.9 Å². The zero-order valence-electron chi connectivity index (χ0n) is 16.1. The van der Waals surface area contributed by atoms with Crippen LogP contribution in [0.15, 0.2) is 34.8 Å². The third-order valence-corrected chi connectivity index (χ3v) is 5.10. The Hall–Kier alpha value is -1.56. The van der Waals surface area contributed by atoms with E-state index in [0.717, 1.165) is 16.6 Å². The van der Waals surface area contributed by atoms with Gasteiger partial charge in [0.05, 0.1) is 11.7 Å². The number of nitrogens with zero attached hydrogens (tertiary/aromatic N) is 2. The van der Waals surface area contributed by atoms with E-state index in [4.69, 9.17) is 4.74 Å². The molecule has 6 heteroatoms. The van der Waals surface area contributed by atoms with Crippen LogP contribution in [0, 0.1) is 11.7 Å². The van der Waals surface area contributed by atoms with E-state index in [2.05, 4.69) is 28.9 Å². The molecule has 2 rings (SSSR count). The highest BCUT2D eigenvalue weighted by Gasteiger charge is 2.35. The molecule has 1 unspecified atom stereocenters. The Balaban J connectivity index is 2.02. The Morgan fingerprint density at radius 2 is 2.15 bits per heavy atom. The maximum absolute atomic E-state index is 13.5. The van der Waals surface area contributed by atoms with Crippen molar-refractivity contribution in [3.63, 3.8) is 0 Å². The van der Waals surface area contributed by atoms with Crippen molar-refractivity contribution in [2.45, 2.75) is 45.8 Å². The second kappa shape index (κ2) is 8.42. The SMILES string of the molecule is C[C@H]1CCN(C(=O)OC(C)(C)C)C1/C=C/CN(C)c1cc(F)ccc1Br. The minimum absolute atomic E-state index is 0.0224. The molecule has 26 heavy (non-hydrogen) atoms. The van der Waals surface area contributed by atoms with Gasteiger partial charge in [-0.1, -0.05) is 19.1 Å². The van der Waals surface area contributed by atoms with Crippen LogP contribution in [-0.2, 0) is 4.74 Å². The standard InChI is InChI=1S/C20H28BrFN2O2/c1-14-10-12-24(19(25)26-20(2,3)4)17(14)7-6-11-23(5)18-13-15(22)8-9-16(18)21/h6-9,13-14,17H,10-12H2,1-5H3/b7-6+/t14-,17?/m0/s1. The third kappa shape index (κ3) is 5.47. The van der Waals surface area contributed by atoms with E-state index in [1.165, 1.54) is 12.1 Å². The van der Waals surface area contributed by atoms with E-state index in [9.17, 15) is 9.18 Å². The van der Waals surface area contributed by atoms with E-state index < -0.39 is 5.60 Å². The molecular formula is C20H28BrFN2O2. The number of anilines is 1. The molecule has 0 aliphatic carbocycles. The number of likely N-dealkylation sites (N-methyl/N-ethyl adjacent to an activating group) is 1. The predicted molar refractivity (Wildman–Crippen MR) is 107 cm³/mol. The van der Waals surface area contributed by atoms with Gasteiger partial charge in [-0.3, -0.25) is 0 Å². The van der Waals surface area contributed by atoms with Gasteiger partial charge in [0.25, 0.3) is 0 Å². The van der Waals surface area contributed by atoms with E-state index in [1.807, 2.05) is 38.8 Å². The number of carbonyl (C=O) groups is 1. The number of hydrogen-bond acceptors (Lipinski definition) is 3. The summed E-state index contributed by atoms with van der Waals surface area (Å²) in [5.41, 5.74) is 0.291. The summed E-state index contributed by atoms with van der Waals surface area (Å²) in [4.78, 5) is 16.2. The largest absolute Gasteiger partial charge is 0.444 e. The summed E-state index contributed by atoms with van der Waals surface area (Å²) >= 11 is 3.45. The van der Waals surface area contributed by atoms with E-state index in [0.29, 0.717) is 19.0 Å². The molecule has 1 saturated heterocycles. The van der Waals surface area contributed by atoms with Crippen molar-refractivity contribution in [3.05, 3.63) is 40.6 Å². The molecule has 144 valence electrons. The van der Waals surface area contributed by atoms with Crippen molar-refractivity contribution in [1.29, 1.82) is 0 Å². The number of ether oxygens (including phenoxy) is 1. The van der Waals surface area contributed by atoms with Crippen LogP contribution in [0.25, 0.3) is 0 Å². The topological polar surface area (TPSA) is 32.8 Å². The van der Waals surface area contributed by atoms with E-state index >= 15 is 0 Å². The maximum Gasteiger partial charge on any atom is 0.410 e. The molecule has 0 aromatic heterocycles. The van der Waals surface area contributed by atoms with Crippen LogP contribution in [0.2, 0.25) is 0 Å². The molecule has 2 atom stereocenters. The van der Waals surface area contributed by atoms with Crippen LogP contribution in [0.5, 0.6) is 0 Å².